The summed E-state index contributed by atoms with van der Waals surface area (Å²) in [5.74, 6) is 0. The van der Waals surface area contributed by atoms with Crippen LogP contribution in [0.15, 0.2) is 48.5 Å². The molecule has 19 heavy (non-hydrogen) atoms. The summed E-state index contributed by atoms with van der Waals surface area (Å²) in [4.78, 5) is 0. The molecule has 0 unspecified atom stereocenters. The lowest BCUT2D eigenvalue weighted by atomic mass is 10.2. The molecule has 0 amide bonds. The molecule has 1 heteroatoms. The molecule has 0 aliphatic carbocycles. The van der Waals surface area contributed by atoms with Gasteiger partial charge in [0.15, 0.2) is 0 Å². The Morgan fingerprint density at radius 1 is 0.684 bits per heavy atom. The van der Waals surface area contributed by atoms with Crippen LogP contribution in [-0.2, 0) is 0 Å². The van der Waals surface area contributed by atoms with Gasteiger partial charge < -0.3 is 0 Å². The van der Waals surface area contributed by atoms with Gasteiger partial charge in [-0.3, -0.25) is 0 Å². The molecule has 0 aliphatic rings. The van der Waals surface area contributed by atoms with E-state index in [4.69, 9.17) is 0 Å². The van der Waals surface area contributed by atoms with E-state index in [9.17, 15) is 0 Å². The summed E-state index contributed by atoms with van der Waals surface area (Å²) in [6.45, 7) is 11.5. The van der Waals surface area contributed by atoms with Crippen molar-refractivity contribution < 1.29 is 0 Å². The maximum atomic E-state index is 2.36. The molecule has 0 bridgehead atoms. The zero-order valence-corrected chi connectivity index (χ0v) is 13.5. The fourth-order valence-electron chi connectivity index (χ4n) is 2.48. The lowest BCUT2D eigenvalue weighted by Gasteiger charge is -2.34. The topological polar surface area (TPSA) is 0 Å². The van der Waals surface area contributed by atoms with E-state index in [-0.39, 0.29) is 13.1 Å². The van der Waals surface area contributed by atoms with E-state index in [0.29, 0.717) is 0 Å². The highest BCUT2D eigenvalue weighted by Gasteiger charge is 2.29. The maximum Gasteiger partial charge on any atom is -0.00990 e. The van der Waals surface area contributed by atoms with Crippen LogP contribution >= 0.6 is 7.92 Å². The Balaban J connectivity index is 2.62. The molecule has 2 rings (SSSR count). The third-order valence-electron chi connectivity index (χ3n) is 3.38. The largest absolute Gasteiger partial charge is 0.0620 e. The van der Waals surface area contributed by atoms with E-state index >= 15 is 0 Å². The maximum absolute atomic E-state index is 2.36. The summed E-state index contributed by atoms with van der Waals surface area (Å²) in [5.41, 5.74) is 2.82. The number of benzene rings is 2. The summed E-state index contributed by atoms with van der Waals surface area (Å²) >= 11 is 0. The minimum Gasteiger partial charge on any atom is -0.0620 e. The van der Waals surface area contributed by atoms with Crippen molar-refractivity contribution in [2.45, 2.75) is 39.8 Å². The van der Waals surface area contributed by atoms with Gasteiger partial charge >= 0.3 is 0 Å². The molecule has 0 saturated heterocycles. The second kappa shape index (κ2) is 5.47. The van der Waals surface area contributed by atoms with Crippen LogP contribution in [0.4, 0.5) is 0 Å². The average molecular weight is 270 g/mol. The minimum atomic E-state index is -0.334. The number of hydrogen-bond donors (Lipinski definition) is 0. The van der Waals surface area contributed by atoms with Crippen molar-refractivity contribution in [1.29, 1.82) is 0 Å². The first-order chi connectivity index (χ1) is 8.91. The van der Waals surface area contributed by atoms with Crippen molar-refractivity contribution in [3.63, 3.8) is 0 Å². The Morgan fingerprint density at radius 3 is 1.37 bits per heavy atom. The molecule has 0 atom stereocenters. The lowest BCUT2D eigenvalue weighted by molar-refractivity contribution is 0.793. The second-order valence-corrected chi connectivity index (χ2v) is 9.06. The van der Waals surface area contributed by atoms with Crippen molar-refractivity contribution in [2.24, 2.45) is 0 Å². The molecular weight excluding hydrogens is 247 g/mol. The number of aryl methyl sites for hydroxylation is 2. The van der Waals surface area contributed by atoms with Gasteiger partial charge in [-0.25, -0.2) is 0 Å². The van der Waals surface area contributed by atoms with Gasteiger partial charge in [0.2, 0.25) is 0 Å². The predicted octanol–water partition coefficient (Wildman–Crippen LogP) is 4.53. The first-order valence-electron chi connectivity index (χ1n) is 6.83. The van der Waals surface area contributed by atoms with Crippen LogP contribution in [0.5, 0.6) is 0 Å². The molecule has 0 spiro atoms. The third kappa shape index (κ3) is 3.07. The Kier molecular flexibility index (Phi) is 4.11. The van der Waals surface area contributed by atoms with Gasteiger partial charge in [-0.2, -0.15) is 0 Å². The van der Waals surface area contributed by atoms with Crippen molar-refractivity contribution >= 4 is 18.5 Å². The summed E-state index contributed by atoms with van der Waals surface area (Å²) < 4.78 is 0. The SMILES string of the molecule is Cc1ccccc1P(c1ccccc1C)C(C)(C)C. The highest BCUT2D eigenvalue weighted by Crippen LogP contribution is 2.48. The van der Waals surface area contributed by atoms with Crippen molar-refractivity contribution in [3.05, 3.63) is 59.7 Å². The van der Waals surface area contributed by atoms with Gasteiger partial charge in [0.25, 0.3) is 0 Å². The number of hydrogen-bond acceptors (Lipinski definition) is 0. The molecular formula is C18H23P. The monoisotopic (exact) mass is 270 g/mol. The highest BCUT2D eigenvalue weighted by molar-refractivity contribution is 7.74. The second-order valence-electron chi connectivity index (χ2n) is 6.08. The first-order valence-corrected chi connectivity index (χ1v) is 8.17. The smallest absolute Gasteiger partial charge is 0.00990 e. The molecule has 0 radical (unpaired) electrons. The van der Waals surface area contributed by atoms with E-state index < -0.39 is 0 Å². The van der Waals surface area contributed by atoms with E-state index in [1.807, 2.05) is 0 Å². The Hall–Kier alpha value is -1.13. The van der Waals surface area contributed by atoms with Crippen LogP contribution in [0.1, 0.15) is 31.9 Å². The van der Waals surface area contributed by atoms with Crippen molar-refractivity contribution in [2.75, 3.05) is 0 Å². The molecule has 0 aliphatic heterocycles. The van der Waals surface area contributed by atoms with Crippen molar-refractivity contribution in [1.82, 2.24) is 0 Å². The van der Waals surface area contributed by atoms with Crippen LogP contribution in [0.2, 0.25) is 0 Å². The fraction of sp³-hybridized carbons (Fsp3) is 0.333. The van der Waals surface area contributed by atoms with Gasteiger partial charge in [0.1, 0.15) is 0 Å². The summed E-state index contributed by atoms with van der Waals surface area (Å²) in [5, 5.41) is 3.30. The minimum absolute atomic E-state index is 0.271. The fourth-order valence-corrected chi connectivity index (χ4v) is 5.51. The molecule has 0 N–H and O–H groups in total. The zero-order valence-electron chi connectivity index (χ0n) is 12.6. The van der Waals surface area contributed by atoms with Crippen LogP contribution < -0.4 is 10.6 Å². The van der Waals surface area contributed by atoms with E-state index in [1.54, 1.807) is 0 Å². The Bertz CT molecular complexity index is 518. The predicted molar refractivity (Wildman–Crippen MR) is 88.3 cm³/mol. The van der Waals surface area contributed by atoms with Crippen molar-refractivity contribution in [3.8, 4) is 0 Å². The van der Waals surface area contributed by atoms with Gasteiger partial charge in [-0.15, -0.1) is 0 Å². The molecule has 0 aromatic heterocycles. The zero-order chi connectivity index (χ0) is 14.0. The van der Waals surface area contributed by atoms with Crippen LogP contribution in [0, 0.1) is 13.8 Å². The lowest BCUT2D eigenvalue weighted by Crippen LogP contribution is -2.28. The number of rotatable bonds is 2. The highest BCUT2D eigenvalue weighted by atomic mass is 31.1. The normalized spacial score (nSPS) is 11.9. The molecule has 0 saturated carbocycles. The van der Waals surface area contributed by atoms with Crippen LogP contribution in [0.3, 0.4) is 0 Å². The third-order valence-corrected chi connectivity index (χ3v) is 6.69. The molecule has 0 nitrogen and oxygen atoms in total. The molecule has 100 valence electrons. The standard InChI is InChI=1S/C18H23P/c1-14-10-6-8-12-16(14)19(18(3,4)5)17-13-9-7-11-15(17)2/h6-13H,1-5H3. The quantitative estimate of drug-likeness (QED) is 0.703. The molecule has 0 fully saturated rings. The molecule has 0 heterocycles. The van der Waals surface area contributed by atoms with E-state index in [1.165, 1.54) is 21.7 Å². The van der Waals surface area contributed by atoms with E-state index in [0.717, 1.165) is 0 Å². The van der Waals surface area contributed by atoms with Crippen LogP contribution in [-0.4, -0.2) is 5.16 Å². The Labute approximate surface area is 118 Å². The summed E-state index contributed by atoms with van der Waals surface area (Å²) in [6.07, 6.45) is 0. The van der Waals surface area contributed by atoms with Gasteiger partial charge in [-0.05, 0) is 48.7 Å². The van der Waals surface area contributed by atoms with Gasteiger partial charge in [-0.1, -0.05) is 69.3 Å². The van der Waals surface area contributed by atoms with Gasteiger partial charge in [0.05, 0.1) is 0 Å². The summed E-state index contributed by atoms with van der Waals surface area (Å²) in [7, 11) is -0.334. The summed E-state index contributed by atoms with van der Waals surface area (Å²) in [6, 6.07) is 17.7. The molecule has 2 aromatic carbocycles. The van der Waals surface area contributed by atoms with Crippen LogP contribution in [0.25, 0.3) is 0 Å². The van der Waals surface area contributed by atoms with Gasteiger partial charge in [0, 0.05) is 0 Å². The average Bonchev–Trinajstić information content (AvgIpc) is 2.33. The van der Waals surface area contributed by atoms with E-state index in [2.05, 4.69) is 83.1 Å². The Morgan fingerprint density at radius 2 is 1.05 bits per heavy atom. The first kappa shape index (κ1) is 14.3. The molecule has 2 aromatic rings.